The molecule has 4 heteroatoms. The van der Waals surface area contributed by atoms with Crippen LogP contribution in [0.1, 0.15) is 29.2 Å². The highest BCUT2D eigenvalue weighted by Crippen LogP contribution is 2.45. The van der Waals surface area contributed by atoms with Crippen LogP contribution >= 0.6 is 0 Å². The molecule has 20 heavy (non-hydrogen) atoms. The highest BCUT2D eigenvalue weighted by molar-refractivity contribution is 5.55. The van der Waals surface area contributed by atoms with Crippen LogP contribution in [-0.2, 0) is 0 Å². The van der Waals surface area contributed by atoms with Crippen LogP contribution in [0, 0.1) is 19.8 Å². The van der Waals surface area contributed by atoms with Crippen LogP contribution in [-0.4, -0.2) is 39.3 Å². The van der Waals surface area contributed by atoms with Crippen molar-refractivity contribution in [2.24, 2.45) is 11.7 Å². The Labute approximate surface area is 121 Å². The zero-order valence-electron chi connectivity index (χ0n) is 13.2. The summed E-state index contributed by atoms with van der Waals surface area (Å²) in [6.07, 6.45) is 1.08. The lowest BCUT2D eigenvalue weighted by atomic mass is 9.92. The van der Waals surface area contributed by atoms with Gasteiger partial charge < -0.3 is 15.2 Å². The van der Waals surface area contributed by atoms with E-state index in [1.165, 1.54) is 16.7 Å². The predicted molar refractivity (Wildman–Crippen MR) is 81.6 cm³/mol. The number of methoxy groups -OCH3 is 2. The number of benzene rings is 1. The Balaban J connectivity index is 2.52. The maximum Gasteiger partial charge on any atom is 0.165 e. The number of nitrogens with two attached hydrogens (primary N) is 1. The van der Waals surface area contributed by atoms with Gasteiger partial charge >= 0.3 is 0 Å². The second kappa shape index (κ2) is 6.02. The van der Waals surface area contributed by atoms with E-state index in [0.29, 0.717) is 12.0 Å². The zero-order chi connectivity index (χ0) is 14.9. The first-order valence-electron chi connectivity index (χ1n) is 7.15. The van der Waals surface area contributed by atoms with Crippen LogP contribution in [0.4, 0.5) is 0 Å². The SMILES string of the molecule is COc1cc(C)c(C)c(C2CC(CN)CN2C)c1OC. The average molecular weight is 278 g/mol. The molecule has 0 amide bonds. The Kier molecular flexibility index (Phi) is 4.55. The number of hydrogen-bond donors (Lipinski definition) is 1. The molecule has 1 aliphatic rings. The summed E-state index contributed by atoms with van der Waals surface area (Å²) >= 11 is 0. The van der Waals surface area contributed by atoms with Gasteiger partial charge in [0, 0.05) is 18.2 Å². The van der Waals surface area contributed by atoms with Crippen LogP contribution in [0.2, 0.25) is 0 Å². The van der Waals surface area contributed by atoms with E-state index in [1.807, 2.05) is 6.07 Å². The van der Waals surface area contributed by atoms with Crippen molar-refractivity contribution in [1.29, 1.82) is 0 Å². The van der Waals surface area contributed by atoms with Crippen LogP contribution in [0.15, 0.2) is 6.07 Å². The minimum atomic E-state index is 0.354. The van der Waals surface area contributed by atoms with Gasteiger partial charge in [0.1, 0.15) is 0 Å². The van der Waals surface area contributed by atoms with Gasteiger partial charge in [-0.25, -0.2) is 0 Å². The summed E-state index contributed by atoms with van der Waals surface area (Å²) in [5.74, 6) is 2.24. The van der Waals surface area contributed by atoms with Gasteiger partial charge in [0.25, 0.3) is 0 Å². The monoisotopic (exact) mass is 278 g/mol. The van der Waals surface area contributed by atoms with Crippen LogP contribution in [0.5, 0.6) is 11.5 Å². The molecule has 0 radical (unpaired) electrons. The summed E-state index contributed by atoms with van der Waals surface area (Å²) in [7, 11) is 5.57. The first kappa shape index (κ1) is 15.1. The van der Waals surface area contributed by atoms with Gasteiger partial charge in [-0.2, -0.15) is 0 Å². The standard InChI is InChI=1S/C16H26N2O2/c1-10-6-14(19-4)16(20-5)15(11(10)2)13-7-12(8-17)9-18(13)3/h6,12-13H,7-9,17H2,1-5H3. The zero-order valence-corrected chi connectivity index (χ0v) is 13.2. The Morgan fingerprint density at radius 2 is 2.00 bits per heavy atom. The Morgan fingerprint density at radius 1 is 1.30 bits per heavy atom. The lowest BCUT2D eigenvalue weighted by Gasteiger charge is -2.26. The highest BCUT2D eigenvalue weighted by atomic mass is 16.5. The fourth-order valence-corrected chi connectivity index (χ4v) is 3.26. The second-order valence-electron chi connectivity index (χ2n) is 5.76. The van der Waals surface area contributed by atoms with E-state index in [2.05, 4.69) is 25.8 Å². The summed E-state index contributed by atoms with van der Waals surface area (Å²) in [6, 6.07) is 2.40. The van der Waals surface area contributed by atoms with Crippen molar-refractivity contribution >= 4 is 0 Å². The predicted octanol–water partition coefficient (Wildman–Crippen LogP) is 2.27. The van der Waals surface area contributed by atoms with Gasteiger partial charge in [0.2, 0.25) is 0 Å². The molecule has 0 aromatic heterocycles. The Hall–Kier alpha value is -1.26. The van der Waals surface area contributed by atoms with Gasteiger partial charge in [-0.05, 0) is 57.0 Å². The van der Waals surface area contributed by atoms with E-state index in [1.54, 1.807) is 14.2 Å². The van der Waals surface area contributed by atoms with Crippen LogP contribution in [0.3, 0.4) is 0 Å². The molecule has 2 rings (SSSR count). The Morgan fingerprint density at radius 3 is 2.50 bits per heavy atom. The van der Waals surface area contributed by atoms with E-state index in [-0.39, 0.29) is 0 Å². The van der Waals surface area contributed by atoms with Gasteiger partial charge in [0.15, 0.2) is 11.5 Å². The third-order valence-electron chi connectivity index (χ3n) is 4.54. The molecule has 1 aromatic rings. The maximum absolute atomic E-state index is 5.85. The molecule has 0 aliphatic carbocycles. The normalized spacial score (nSPS) is 23.1. The molecule has 0 bridgehead atoms. The van der Waals surface area contributed by atoms with E-state index >= 15 is 0 Å². The number of hydrogen-bond acceptors (Lipinski definition) is 4. The molecule has 1 heterocycles. The number of rotatable bonds is 4. The smallest absolute Gasteiger partial charge is 0.165 e. The third kappa shape index (κ3) is 2.50. The highest BCUT2D eigenvalue weighted by Gasteiger charge is 2.34. The lowest BCUT2D eigenvalue weighted by molar-refractivity contribution is 0.294. The van der Waals surface area contributed by atoms with E-state index in [9.17, 15) is 0 Å². The Bertz CT molecular complexity index is 488. The minimum absolute atomic E-state index is 0.354. The quantitative estimate of drug-likeness (QED) is 0.918. The number of ether oxygens (including phenoxy) is 2. The van der Waals surface area contributed by atoms with Crippen molar-refractivity contribution in [2.45, 2.75) is 26.3 Å². The topological polar surface area (TPSA) is 47.7 Å². The molecule has 2 N–H and O–H groups in total. The molecular weight excluding hydrogens is 252 g/mol. The largest absolute Gasteiger partial charge is 0.493 e. The molecule has 2 unspecified atom stereocenters. The maximum atomic E-state index is 5.85. The van der Waals surface area contributed by atoms with Gasteiger partial charge in [-0.15, -0.1) is 0 Å². The molecular formula is C16H26N2O2. The molecule has 0 saturated carbocycles. The van der Waals surface area contributed by atoms with E-state index in [0.717, 1.165) is 31.0 Å². The van der Waals surface area contributed by atoms with Gasteiger partial charge in [-0.3, -0.25) is 4.90 Å². The van der Waals surface area contributed by atoms with Crippen LogP contribution < -0.4 is 15.2 Å². The number of nitrogens with zero attached hydrogens (tertiary/aromatic N) is 1. The van der Waals surface area contributed by atoms with Crippen molar-refractivity contribution < 1.29 is 9.47 Å². The average Bonchev–Trinajstić information content (AvgIpc) is 2.82. The molecule has 1 aromatic carbocycles. The fourth-order valence-electron chi connectivity index (χ4n) is 3.26. The van der Waals surface area contributed by atoms with E-state index < -0.39 is 0 Å². The summed E-state index contributed by atoms with van der Waals surface area (Å²) in [4.78, 5) is 2.38. The molecule has 2 atom stereocenters. The van der Waals surface area contributed by atoms with Crippen molar-refractivity contribution in [3.05, 3.63) is 22.8 Å². The molecule has 1 aliphatic heterocycles. The summed E-state index contributed by atoms with van der Waals surface area (Å²) < 4.78 is 11.1. The fraction of sp³-hybridized carbons (Fsp3) is 0.625. The molecule has 1 saturated heterocycles. The number of likely N-dealkylation sites (tertiary alicyclic amines) is 1. The van der Waals surface area contributed by atoms with Crippen molar-refractivity contribution in [2.75, 3.05) is 34.4 Å². The molecule has 1 fully saturated rings. The molecule has 112 valence electrons. The minimum Gasteiger partial charge on any atom is -0.493 e. The first-order chi connectivity index (χ1) is 9.53. The summed E-state index contributed by atoms with van der Waals surface area (Å²) in [6.45, 7) is 6.07. The first-order valence-corrected chi connectivity index (χ1v) is 7.15. The van der Waals surface area contributed by atoms with E-state index in [4.69, 9.17) is 15.2 Å². The van der Waals surface area contributed by atoms with Crippen molar-refractivity contribution in [3.63, 3.8) is 0 Å². The van der Waals surface area contributed by atoms with Crippen LogP contribution in [0.25, 0.3) is 0 Å². The van der Waals surface area contributed by atoms with Crippen molar-refractivity contribution in [3.8, 4) is 11.5 Å². The summed E-state index contributed by atoms with van der Waals surface area (Å²) in [5.41, 5.74) is 9.63. The molecule has 4 nitrogen and oxygen atoms in total. The number of aryl methyl sites for hydroxylation is 1. The van der Waals surface area contributed by atoms with Gasteiger partial charge in [-0.1, -0.05) is 0 Å². The van der Waals surface area contributed by atoms with Crippen molar-refractivity contribution in [1.82, 2.24) is 4.90 Å². The summed E-state index contributed by atoms with van der Waals surface area (Å²) in [5, 5.41) is 0. The molecule has 0 spiro atoms. The lowest BCUT2D eigenvalue weighted by Crippen LogP contribution is -2.21. The van der Waals surface area contributed by atoms with Gasteiger partial charge in [0.05, 0.1) is 14.2 Å². The third-order valence-corrected chi connectivity index (χ3v) is 4.54. The second-order valence-corrected chi connectivity index (χ2v) is 5.76.